The topological polar surface area (TPSA) is 58.6 Å². The van der Waals surface area contributed by atoms with Crippen molar-refractivity contribution in [3.05, 3.63) is 59.1 Å². The molecule has 5 nitrogen and oxygen atoms in total. The highest BCUT2D eigenvalue weighted by molar-refractivity contribution is 7.89. The summed E-state index contributed by atoms with van der Waals surface area (Å²) in [6.07, 6.45) is 0. The molecule has 7 heteroatoms. The Morgan fingerprint density at radius 1 is 1.17 bits per heavy atom. The fourth-order valence-electron chi connectivity index (χ4n) is 2.35. The van der Waals surface area contributed by atoms with Crippen LogP contribution in [-0.2, 0) is 10.0 Å². The first-order valence-electron chi connectivity index (χ1n) is 7.39. The molecule has 0 aromatic heterocycles. The fourth-order valence-corrected chi connectivity index (χ4v) is 3.69. The van der Waals surface area contributed by atoms with Gasteiger partial charge in [-0.15, -0.1) is 0 Å². The maximum atomic E-state index is 12.5. The van der Waals surface area contributed by atoms with E-state index < -0.39 is 10.0 Å². The summed E-state index contributed by atoms with van der Waals surface area (Å²) in [5, 5.41) is 0.384. The predicted molar refractivity (Wildman–Crippen MR) is 96.1 cm³/mol. The lowest BCUT2D eigenvalue weighted by Crippen LogP contribution is -2.34. The second kappa shape index (κ2) is 7.98. The van der Waals surface area contributed by atoms with E-state index in [2.05, 4.69) is 4.72 Å². The van der Waals surface area contributed by atoms with Gasteiger partial charge in [0.1, 0.15) is 5.75 Å². The molecule has 0 bridgehead atoms. The number of hydrogen-bond acceptors (Lipinski definition) is 4. The quantitative estimate of drug-likeness (QED) is 0.816. The van der Waals surface area contributed by atoms with Crippen molar-refractivity contribution in [1.82, 2.24) is 9.62 Å². The number of benzene rings is 2. The normalized spacial score (nSPS) is 13.0. The molecule has 0 saturated heterocycles. The van der Waals surface area contributed by atoms with Gasteiger partial charge in [-0.25, -0.2) is 13.1 Å². The van der Waals surface area contributed by atoms with Crippen LogP contribution < -0.4 is 9.46 Å². The maximum Gasteiger partial charge on any atom is 0.240 e. The molecule has 130 valence electrons. The van der Waals surface area contributed by atoms with Crippen LogP contribution in [0.5, 0.6) is 5.75 Å². The summed E-state index contributed by atoms with van der Waals surface area (Å²) >= 11 is 5.88. The van der Waals surface area contributed by atoms with Crippen molar-refractivity contribution in [2.24, 2.45) is 0 Å². The first kappa shape index (κ1) is 18.7. The van der Waals surface area contributed by atoms with Crippen LogP contribution in [0.25, 0.3) is 0 Å². The zero-order chi connectivity index (χ0) is 17.7. The van der Waals surface area contributed by atoms with Gasteiger partial charge in [0.25, 0.3) is 0 Å². The van der Waals surface area contributed by atoms with Crippen LogP contribution in [0, 0.1) is 0 Å². The molecule has 0 aliphatic heterocycles. The van der Waals surface area contributed by atoms with E-state index in [1.807, 2.05) is 43.3 Å². The van der Waals surface area contributed by atoms with E-state index in [1.165, 1.54) is 12.1 Å². The van der Waals surface area contributed by atoms with Crippen molar-refractivity contribution >= 4 is 21.6 Å². The Morgan fingerprint density at radius 2 is 1.88 bits per heavy atom. The average molecular weight is 369 g/mol. The minimum absolute atomic E-state index is 0.131. The predicted octanol–water partition coefficient (Wildman–Crippen LogP) is 2.93. The molecule has 0 spiro atoms. The molecule has 2 rings (SSSR count). The Balaban J connectivity index is 2.19. The van der Waals surface area contributed by atoms with Gasteiger partial charge >= 0.3 is 0 Å². The highest BCUT2D eigenvalue weighted by Crippen LogP contribution is 2.23. The largest absolute Gasteiger partial charge is 0.497 e. The van der Waals surface area contributed by atoms with Crippen molar-refractivity contribution in [3.63, 3.8) is 0 Å². The van der Waals surface area contributed by atoms with Crippen LogP contribution >= 0.6 is 11.6 Å². The Bertz CT molecular complexity index is 794. The van der Waals surface area contributed by atoms with E-state index >= 15 is 0 Å². The van der Waals surface area contributed by atoms with Crippen LogP contribution in [0.4, 0.5) is 0 Å². The molecule has 0 aliphatic rings. The molecule has 0 amide bonds. The summed E-state index contributed by atoms with van der Waals surface area (Å²) in [5.74, 6) is 0.733. The minimum Gasteiger partial charge on any atom is -0.497 e. The van der Waals surface area contributed by atoms with Crippen molar-refractivity contribution in [2.75, 3.05) is 27.7 Å². The van der Waals surface area contributed by atoms with Crippen molar-refractivity contribution < 1.29 is 13.2 Å². The van der Waals surface area contributed by atoms with Crippen LogP contribution in [0.1, 0.15) is 11.6 Å². The van der Waals surface area contributed by atoms with Crippen molar-refractivity contribution in [3.8, 4) is 5.75 Å². The zero-order valence-corrected chi connectivity index (χ0v) is 15.4. The number of nitrogens with zero attached hydrogens (tertiary/aromatic N) is 1. The van der Waals surface area contributed by atoms with E-state index in [0.29, 0.717) is 5.02 Å². The standard InChI is InChI=1S/C17H21ClN2O3S/c1-20(2)17(13-6-4-8-15(10-13)23-3)12-19-24(21,22)16-9-5-7-14(18)11-16/h4-11,17,19H,12H2,1-3H3. The van der Waals surface area contributed by atoms with E-state index in [0.717, 1.165) is 11.3 Å². The zero-order valence-electron chi connectivity index (χ0n) is 13.9. The molecule has 0 aliphatic carbocycles. The lowest BCUT2D eigenvalue weighted by Gasteiger charge is -2.25. The van der Waals surface area contributed by atoms with E-state index in [4.69, 9.17) is 16.3 Å². The number of likely N-dealkylation sites (N-methyl/N-ethyl adjacent to an activating group) is 1. The Morgan fingerprint density at radius 3 is 2.50 bits per heavy atom. The van der Waals surface area contributed by atoms with Crippen LogP contribution in [-0.4, -0.2) is 41.1 Å². The van der Waals surface area contributed by atoms with Gasteiger partial charge in [-0.1, -0.05) is 29.8 Å². The molecule has 1 atom stereocenters. The number of methoxy groups -OCH3 is 1. The molecule has 0 fully saturated rings. The third-order valence-corrected chi connectivity index (χ3v) is 5.33. The SMILES string of the molecule is COc1cccc(C(CNS(=O)(=O)c2cccc(Cl)c2)N(C)C)c1. The van der Waals surface area contributed by atoms with Gasteiger partial charge < -0.3 is 9.64 Å². The molecule has 0 radical (unpaired) electrons. The van der Waals surface area contributed by atoms with Gasteiger partial charge in [0.2, 0.25) is 10.0 Å². The third-order valence-electron chi connectivity index (χ3n) is 3.68. The van der Waals surface area contributed by atoms with Gasteiger partial charge in [-0.05, 0) is 50.0 Å². The van der Waals surface area contributed by atoms with Crippen LogP contribution in [0.2, 0.25) is 5.02 Å². The second-order valence-electron chi connectivity index (χ2n) is 5.57. The molecule has 24 heavy (non-hydrogen) atoms. The lowest BCUT2D eigenvalue weighted by atomic mass is 10.1. The van der Waals surface area contributed by atoms with Crippen LogP contribution in [0.15, 0.2) is 53.4 Å². The lowest BCUT2D eigenvalue weighted by molar-refractivity contribution is 0.298. The van der Waals surface area contributed by atoms with Crippen LogP contribution in [0.3, 0.4) is 0 Å². The summed E-state index contributed by atoms with van der Waals surface area (Å²) in [5.41, 5.74) is 0.966. The Hall–Kier alpha value is -1.60. The molecular weight excluding hydrogens is 348 g/mol. The number of hydrogen-bond donors (Lipinski definition) is 1. The molecule has 1 N–H and O–H groups in total. The highest BCUT2D eigenvalue weighted by Gasteiger charge is 2.20. The molecule has 2 aromatic rings. The maximum absolute atomic E-state index is 12.5. The highest BCUT2D eigenvalue weighted by atomic mass is 35.5. The smallest absolute Gasteiger partial charge is 0.240 e. The first-order valence-corrected chi connectivity index (χ1v) is 9.25. The van der Waals surface area contributed by atoms with E-state index in [1.54, 1.807) is 19.2 Å². The molecular formula is C17H21ClN2O3S. The number of halogens is 1. The van der Waals surface area contributed by atoms with Gasteiger partial charge in [0, 0.05) is 17.6 Å². The number of nitrogens with one attached hydrogen (secondary N) is 1. The van der Waals surface area contributed by atoms with Crippen molar-refractivity contribution in [2.45, 2.75) is 10.9 Å². The number of ether oxygens (including phenoxy) is 1. The Kier molecular flexibility index (Phi) is 6.23. The van der Waals surface area contributed by atoms with Gasteiger partial charge in [0.15, 0.2) is 0 Å². The number of rotatable bonds is 7. The summed E-state index contributed by atoms with van der Waals surface area (Å²) in [6, 6.07) is 13.7. The first-order chi connectivity index (χ1) is 11.3. The van der Waals surface area contributed by atoms with Gasteiger partial charge in [-0.2, -0.15) is 0 Å². The summed E-state index contributed by atoms with van der Waals surface area (Å²) < 4.78 is 32.8. The summed E-state index contributed by atoms with van der Waals surface area (Å²) in [4.78, 5) is 2.10. The number of sulfonamides is 1. The summed E-state index contributed by atoms with van der Waals surface area (Å²) in [6.45, 7) is 0.231. The average Bonchev–Trinajstić information content (AvgIpc) is 2.55. The monoisotopic (exact) mass is 368 g/mol. The Labute approximate surface area is 148 Å². The molecule has 0 heterocycles. The second-order valence-corrected chi connectivity index (χ2v) is 7.77. The summed E-state index contributed by atoms with van der Waals surface area (Å²) in [7, 11) is 1.78. The van der Waals surface area contributed by atoms with E-state index in [9.17, 15) is 8.42 Å². The van der Waals surface area contributed by atoms with Gasteiger partial charge in [-0.3, -0.25) is 0 Å². The molecule has 2 aromatic carbocycles. The molecule has 1 unspecified atom stereocenters. The molecule has 0 saturated carbocycles. The van der Waals surface area contributed by atoms with E-state index in [-0.39, 0.29) is 17.5 Å². The van der Waals surface area contributed by atoms with Gasteiger partial charge in [0.05, 0.1) is 12.0 Å². The fraction of sp³-hybridized carbons (Fsp3) is 0.294. The van der Waals surface area contributed by atoms with Crippen molar-refractivity contribution in [1.29, 1.82) is 0 Å². The third kappa shape index (κ3) is 4.70. The minimum atomic E-state index is -3.63.